The first kappa shape index (κ1) is 11.2. The van der Waals surface area contributed by atoms with E-state index in [1.165, 1.54) is 12.4 Å². The second-order valence-electron chi connectivity index (χ2n) is 3.22. The fraction of sp³-hybridized carbons (Fsp3) is 0.0909. The minimum Gasteiger partial charge on any atom is -0.325 e. The van der Waals surface area contributed by atoms with Crippen LogP contribution in [0.15, 0.2) is 35.1 Å². The molecule has 16 heavy (non-hydrogen) atoms. The summed E-state index contributed by atoms with van der Waals surface area (Å²) in [5.74, 6) is -0.315. The molecule has 0 radical (unpaired) electrons. The number of hydrogen-bond acceptors (Lipinski definition) is 3. The summed E-state index contributed by atoms with van der Waals surface area (Å²) in [7, 11) is 0. The van der Waals surface area contributed by atoms with Crippen molar-refractivity contribution in [3.8, 4) is 11.3 Å². The molecule has 2 rings (SSSR count). The quantitative estimate of drug-likeness (QED) is 0.920. The van der Waals surface area contributed by atoms with E-state index < -0.39 is 0 Å². The number of nitrogens with two attached hydrogens (primary N) is 1. The Morgan fingerprint density at radius 2 is 2.06 bits per heavy atom. The van der Waals surface area contributed by atoms with Crippen LogP contribution < -0.4 is 5.73 Å². The molecule has 1 heterocycles. The van der Waals surface area contributed by atoms with Gasteiger partial charge in [0.25, 0.3) is 0 Å². The van der Waals surface area contributed by atoms with E-state index in [-0.39, 0.29) is 5.82 Å². The fourth-order valence-electron chi connectivity index (χ4n) is 1.35. The topological polar surface area (TPSA) is 51.8 Å². The second kappa shape index (κ2) is 4.67. The lowest BCUT2D eigenvalue weighted by molar-refractivity contribution is 0.630. The first-order valence-electron chi connectivity index (χ1n) is 4.67. The Kier molecular flexibility index (Phi) is 3.26. The molecule has 1 aromatic carbocycles. The van der Waals surface area contributed by atoms with Gasteiger partial charge in [0.05, 0.1) is 11.4 Å². The van der Waals surface area contributed by atoms with Crippen molar-refractivity contribution in [2.75, 3.05) is 0 Å². The average molecular weight is 282 g/mol. The van der Waals surface area contributed by atoms with Crippen molar-refractivity contribution in [2.24, 2.45) is 5.73 Å². The van der Waals surface area contributed by atoms with Gasteiger partial charge in [-0.2, -0.15) is 0 Å². The zero-order chi connectivity index (χ0) is 11.5. The summed E-state index contributed by atoms with van der Waals surface area (Å²) in [5.41, 5.74) is 7.13. The molecule has 0 atom stereocenters. The predicted molar refractivity (Wildman–Crippen MR) is 63.0 cm³/mol. The smallest absolute Gasteiger partial charge is 0.132 e. The van der Waals surface area contributed by atoms with Crippen molar-refractivity contribution in [3.63, 3.8) is 0 Å². The number of aromatic nitrogens is 2. The predicted octanol–water partition coefficient (Wildman–Crippen LogP) is 2.50. The molecule has 0 saturated heterocycles. The summed E-state index contributed by atoms with van der Waals surface area (Å²) in [5, 5.41) is 0. The van der Waals surface area contributed by atoms with Crippen molar-refractivity contribution in [2.45, 2.75) is 6.54 Å². The highest BCUT2D eigenvalue weighted by Gasteiger charge is 2.07. The molecule has 0 aliphatic heterocycles. The van der Waals surface area contributed by atoms with E-state index in [0.717, 1.165) is 4.47 Å². The van der Waals surface area contributed by atoms with E-state index in [9.17, 15) is 4.39 Å². The molecular formula is C11H9BrFN3. The molecular weight excluding hydrogens is 273 g/mol. The molecule has 2 aromatic rings. The van der Waals surface area contributed by atoms with Crippen LogP contribution in [0.1, 0.15) is 5.69 Å². The molecule has 0 spiro atoms. The van der Waals surface area contributed by atoms with E-state index in [0.29, 0.717) is 23.5 Å². The van der Waals surface area contributed by atoms with Gasteiger partial charge in [-0.25, -0.2) is 14.4 Å². The zero-order valence-corrected chi connectivity index (χ0v) is 9.91. The lowest BCUT2D eigenvalue weighted by Crippen LogP contribution is -2.00. The van der Waals surface area contributed by atoms with Crippen LogP contribution in [-0.2, 0) is 6.54 Å². The summed E-state index contributed by atoms with van der Waals surface area (Å²) in [6, 6.07) is 6.40. The minimum atomic E-state index is -0.315. The average Bonchev–Trinajstić information content (AvgIpc) is 2.32. The highest BCUT2D eigenvalue weighted by atomic mass is 79.9. The minimum absolute atomic E-state index is 0.311. The van der Waals surface area contributed by atoms with Crippen LogP contribution in [-0.4, -0.2) is 9.97 Å². The normalized spacial score (nSPS) is 10.4. The van der Waals surface area contributed by atoms with Crippen LogP contribution in [0.5, 0.6) is 0 Å². The Morgan fingerprint density at radius 3 is 2.81 bits per heavy atom. The maximum absolute atomic E-state index is 13.6. The standard InChI is InChI=1S/C11H9BrFN3/c12-7-1-2-10(13)9(3-7)11-4-8(5-14)15-6-16-11/h1-4,6H,5,14H2. The molecule has 0 amide bonds. The van der Waals surface area contributed by atoms with Gasteiger partial charge in [-0.05, 0) is 24.3 Å². The third-order valence-corrected chi connectivity index (χ3v) is 2.63. The van der Waals surface area contributed by atoms with Crippen molar-refractivity contribution in [1.29, 1.82) is 0 Å². The highest BCUT2D eigenvalue weighted by molar-refractivity contribution is 9.10. The molecule has 3 nitrogen and oxygen atoms in total. The van der Waals surface area contributed by atoms with Gasteiger partial charge in [0.15, 0.2) is 0 Å². The molecule has 0 bridgehead atoms. The van der Waals surface area contributed by atoms with Crippen LogP contribution in [0, 0.1) is 5.82 Å². The number of nitrogens with zero attached hydrogens (tertiary/aromatic N) is 2. The van der Waals surface area contributed by atoms with Crippen molar-refractivity contribution in [3.05, 3.63) is 46.6 Å². The van der Waals surface area contributed by atoms with E-state index in [4.69, 9.17) is 5.73 Å². The Balaban J connectivity index is 2.53. The maximum atomic E-state index is 13.6. The summed E-state index contributed by atoms with van der Waals surface area (Å²) < 4.78 is 14.4. The number of halogens is 2. The highest BCUT2D eigenvalue weighted by Crippen LogP contribution is 2.24. The van der Waals surface area contributed by atoms with Gasteiger partial charge < -0.3 is 5.73 Å². The van der Waals surface area contributed by atoms with Gasteiger partial charge in [-0.1, -0.05) is 15.9 Å². The lowest BCUT2D eigenvalue weighted by Gasteiger charge is -2.04. The van der Waals surface area contributed by atoms with Crippen molar-refractivity contribution < 1.29 is 4.39 Å². The largest absolute Gasteiger partial charge is 0.325 e. The van der Waals surface area contributed by atoms with Gasteiger partial charge in [0.2, 0.25) is 0 Å². The summed E-state index contributed by atoms with van der Waals surface area (Å²) in [6.45, 7) is 0.311. The van der Waals surface area contributed by atoms with Crippen molar-refractivity contribution >= 4 is 15.9 Å². The van der Waals surface area contributed by atoms with E-state index >= 15 is 0 Å². The Bertz CT molecular complexity index is 516. The van der Waals surface area contributed by atoms with Gasteiger partial charge in [-0.3, -0.25) is 0 Å². The molecule has 82 valence electrons. The Morgan fingerprint density at radius 1 is 1.25 bits per heavy atom. The monoisotopic (exact) mass is 281 g/mol. The fourth-order valence-corrected chi connectivity index (χ4v) is 1.71. The van der Waals surface area contributed by atoms with Crippen LogP contribution in [0.4, 0.5) is 4.39 Å². The molecule has 5 heteroatoms. The maximum Gasteiger partial charge on any atom is 0.132 e. The van der Waals surface area contributed by atoms with Gasteiger partial charge in [0, 0.05) is 16.6 Å². The Labute approximate surface area is 101 Å². The van der Waals surface area contributed by atoms with Gasteiger partial charge in [0.1, 0.15) is 12.1 Å². The van der Waals surface area contributed by atoms with Crippen LogP contribution in [0.3, 0.4) is 0 Å². The van der Waals surface area contributed by atoms with Gasteiger partial charge in [-0.15, -0.1) is 0 Å². The third-order valence-electron chi connectivity index (χ3n) is 2.14. The number of rotatable bonds is 2. The first-order chi connectivity index (χ1) is 7.70. The van der Waals surface area contributed by atoms with E-state index in [1.807, 2.05) is 0 Å². The van der Waals surface area contributed by atoms with Crippen LogP contribution in [0.2, 0.25) is 0 Å². The summed E-state index contributed by atoms with van der Waals surface area (Å²) in [6.07, 6.45) is 1.39. The summed E-state index contributed by atoms with van der Waals surface area (Å²) >= 11 is 3.29. The Hall–Kier alpha value is -1.33. The molecule has 0 saturated carbocycles. The molecule has 0 fully saturated rings. The molecule has 0 aliphatic carbocycles. The molecule has 2 N–H and O–H groups in total. The van der Waals surface area contributed by atoms with Crippen LogP contribution in [0.25, 0.3) is 11.3 Å². The second-order valence-corrected chi connectivity index (χ2v) is 4.14. The SMILES string of the molecule is NCc1cc(-c2cc(Br)ccc2F)ncn1. The number of benzene rings is 1. The third kappa shape index (κ3) is 2.25. The van der Waals surface area contributed by atoms with Crippen LogP contribution >= 0.6 is 15.9 Å². The lowest BCUT2D eigenvalue weighted by atomic mass is 10.1. The van der Waals surface area contributed by atoms with Crippen molar-refractivity contribution in [1.82, 2.24) is 9.97 Å². The summed E-state index contributed by atoms with van der Waals surface area (Å²) in [4.78, 5) is 8.00. The van der Waals surface area contributed by atoms with E-state index in [2.05, 4.69) is 25.9 Å². The number of hydrogen-bond donors (Lipinski definition) is 1. The molecule has 0 aliphatic rings. The molecule has 0 unspecified atom stereocenters. The first-order valence-corrected chi connectivity index (χ1v) is 5.46. The van der Waals surface area contributed by atoms with Gasteiger partial charge >= 0.3 is 0 Å². The molecule has 1 aromatic heterocycles. The van der Waals surface area contributed by atoms with E-state index in [1.54, 1.807) is 18.2 Å². The zero-order valence-electron chi connectivity index (χ0n) is 8.32.